The van der Waals surface area contributed by atoms with Crippen molar-refractivity contribution in [2.24, 2.45) is 7.05 Å². The molecule has 36 heavy (non-hydrogen) atoms. The molecule has 0 atom stereocenters. The average molecular weight is 486 g/mol. The number of nitro benzene ring substituents is 1. The summed E-state index contributed by atoms with van der Waals surface area (Å²) in [5, 5.41) is 15.3. The van der Waals surface area contributed by atoms with E-state index < -0.39 is 4.92 Å². The highest BCUT2D eigenvalue weighted by atomic mass is 16.6. The first-order chi connectivity index (χ1) is 17.4. The smallest absolute Gasteiger partial charge is 0.272 e. The van der Waals surface area contributed by atoms with Gasteiger partial charge in [0, 0.05) is 79.8 Å². The van der Waals surface area contributed by atoms with Gasteiger partial charge in [0.25, 0.3) is 11.2 Å². The highest BCUT2D eigenvalue weighted by molar-refractivity contribution is 5.76. The fourth-order valence-electron chi connectivity index (χ4n) is 4.49. The zero-order valence-electron chi connectivity index (χ0n) is 20.2. The molecule has 0 spiro atoms. The first-order valence-electron chi connectivity index (χ1n) is 11.8. The number of nitrogens with one attached hydrogen (secondary N) is 1. The molecule has 2 aromatic heterocycles. The van der Waals surface area contributed by atoms with E-state index in [0.717, 1.165) is 31.9 Å². The summed E-state index contributed by atoms with van der Waals surface area (Å²) in [6, 6.07) is 16.3. The molecule has 10 heteroatoms. The van der Waals surface area contributed by atoms with E-state index in [-0.39, 0.29) is 17.7 Å². The number of benzene rings is 2. The van der Waals surface area contributed by atoms with Gasteiger partial charge in [0.05, 0.1) is 4.92 Å². The number of likely N-dealkylation sites (N-methyl/N-ethyl adjacent to an activating group) is 1. The summed E-state index contributed by atoms with van der Waals surface area (Å²) < 4.78 is 1.46. The van der Waals surface area contributed by atoms with Crippen LogP contribution < -0.4 is 15.8 Å². The second kappa shape index (κ2) is 9.74. The van der Waals surface area contributed by atoms with Gasteiger partial charge in [-0.25, -0.2) is 4.98 Å². The number of nitro groups is 1. The van der Waals surface area contributed by atoms with Crippen molar-refractivity contribution < 1.29 is 4.92 Å². The third-order valence-corrected chi connectivity index (χ3v) is 6.58. The van der Waals surface area contributed by atoms with Crippen molar-refractivity contribution >= 4 is 34.0 Å². The number of rotatable bonds is 6. The van der Waals surface area contributed by atoms with Gasteiger partial charge in [-0.05, 0) is 37.4 Å². The van der Waals surface area contributed by atoms with Crippen LogP contribution in [-0.2, 0) is 13.5 Å². The van der Waals surface area contributed by atoms with Crippen LogP contribution in [0, 0.1) is 10.1 Å². The quantitative estimate of drug-likeness (QED) is 0.327. The maximum atomic E-state index is 13.1. The molecule has 2 aromatic carbocycles. The van der Waals surface area contributed by atoms with Crippen LogP contribution in [0.1, 0.15) is 11.1 Å². The predicted molar refractivity (Wildman–Crippen MR) is 140 cm³/mol. The van der Waals surface area contributed by atoms with E-state index in [4.69, 9.17) is 0 Å². The van der Waals surface area contributed by atoms with Crippen molar-refractivity contribution in [2.75, 3.05) is 43.4 Å². The van der Waals surface area contributed by atoms with Crippen molar-refractivity contribution in [3.05, 3.63) is 92.4 Å². The summed E-state index contributed by atoms with van der Waals surface area (Å²) in [7, 11) is 3.79. The predicted octanol–water partition coefficient (Wildman–Crippen LogP) is 3.32. The molecule has 1 aliphatic heterocycles. The fourth-order valence-corrected chi connectivity index (χ4v) is 4.49. The topological polar surface area (TPSA) is 109 Å². The van der Waals surface area contributed by atoms with Gasteiger partial charge in [-0.15, -0.1) is 0 Å². The SMILES string of the molecule is CN1CCN(c2ccc(Nc3ncc4cc(Cc5ccccc5[N+](=O)[O-])c(=O)n(C)c4n3)cc2)CC1. The molecular weight excluding hydrogens is 458 g/mol. The van der Waals surface area contributed by atoms with E-state index >= 15 is 0 Å². The lowest BCUT2D eigenvalue weighted by molar-refractivity contribution is -0.385. The van der Waals surface area contributed by atoms with Crippen LogP contribution in [0.5, 0.6) is 0 Å². The van der Waals surface area contributed by atoms with Crippen molar-refractivity contribution in [2.45, 2.75) is 6.42 Å². The van der Waals surface area contributed by atoms with Gasteiger partial charge < -0.3 is 15.1 Å². The Morgan fingerprint density at radius 1 is 1.00 bits per heavy atom. The molecule has 0 radical (unpaired) electrons. The van der Waals surface area contributed by atoms with Gasteiger partial charge in [0.1, 0.15) is 5.65 Å². The molecule has 3 heterocycles. The van der Waals surface area contributed by atoms with Crippen molar-refractivity contribution in [1.29, 1.82) is 0 Å². The van der Waals surface area contributed by atoms with E-state index in [2.05, 4.69) is 44.3 Å². The lowest BCUT2D eigenvalue weighted by Crippen LogP contribution is -2.44. The Balaban J connectivity index is 1.37. The first-order valence-corrected chi connectivity index (χ1v) is 11.8. The lowest BCUT2D eigenvalue weighted by Gasteiger charge is -2.34. The molecule has 1 saturated heterocycles. The second-order valence-electron chi connectivity index (χ2n) is 9.03. The minimum Gasteiger partial charge on any atom is -0.369 e. The Hall–Kier alpha value is -4.31. The highest BCUT2D eigenvalue weighted by Crippen LogP contribution is 2.23. The first kappa shape index (κ1) is 23.4. The molecule has 0 aliphatic carbocycles. The number of piperazine rings is 1. The third-order valence-electron chi connectivity index (χ3n) is 6.58. The molecule has 0 saturated carbocycles. The average Bonchev–Trinajstić information content (AvgIpc) is 2.89. The van der Waals surface area contributed by atoms with Crippen LogP contribution in [0.2, 0.25) is 0 Å². The molecule has 0 unspecified atom stereocenters. The standard InChI is InChI=1S/C26H27N7O3/c1-30-11-13-32(14-12-30)22-9-7-21(8-10-22)28-26-27-17-20-16-19(25(34)31(2)24(20)29-26)15-18-5-3-4-6-23(18)33(35)36/h3-10,16-17H,11-15H2,1-2H3,(H,27,28,29). The maximum absolute atomic E-state index is 13.1. The monoisotopic (exact) mass is 485 g/mol. The number of hydrogen-bond donors (Lipinski definition) is 1. The summed E-state index contributed by atoms with van der Waals surface area (Å²) in [4.78, 5) is 37.7. The Morgan fingerprint density at radius 2 is 1.72 bits per heavy atom. The summed E-state index contributed by atoms with van der Waals surface area (Å²) in [6.45, 7) is 4.11. The normalized spacial score (nSPS) is 14.2. The Morgan fingerprint density at radius 3 is 2.44 bits per heavy atom. The van der Waals surface area contributed by atoms with E-state index in [1.807, 2.05) is 12.1 Å². The summed E-state index contributed by atoms with van der Waals surface area (Å²) in [6.07, 6.45) is 1.81. The highest BCUT2D eigenvalue weighted by Gasteiger charge is 2.17. The number of hydrogen-bond acceptors (Lipinski definition) is 8. The fraction of sp³-hybridized carbons (Fsp3) is 0.269. The second-order valence-corrected chi connectivity index (χ2v) is 9.03. The molecule has 0 bridgehead atoms. The number of anilines is 3. The van der Waals surface area contributed by atoms with E-state index in [1.54, 1.807) is 37.5 Å². The summed E-state index contributed by atoms with van der Waals surface area (Å²) in [5.74, 6) is 0.385. The zero-order valence-corrected chi connectivity index (χ0v) is 20.2. The van der Waals surface area contributed by atoms with Crippen molar-refractivity contribution in [3.8, 4) is 0 Å². The molecular formula is C26H27N7O3. The van der Waals surface area contributed by atoms with Crippen molar-refractivity contribution in [3.63, 3.8) is 0 Å². The van der Waals surface area contributed by atoms with Crippen LogP contribution in [0.4, 0.5) is 23.0 Å². The molecule has 10 nitrogen and oxygen atoms in total. The molecule has 0 amide bonds. The van der Waals surface area contributed by atoms with Crippen LogP contribution in [0.25, 0.3) is 11.0 Å². The number of para-hydroxylation sites is 1. The minimum atomic E-state index is -0.431. The van der Waals surface area contributed by atoms with Gasteiger partial charge in [-0.2, -0.15) is 4.98 Å². The largest absolute Gasteiger partial charge is 0.369 e. The Labute approximate surface area is 208 Å². The van der Waals surface area contributed by atoms with Gasteiger partial charge in [-0.3, -0.25) is 19.5 Å². The molecule has 5 rings (SSSR count). The van der Waals surface area contributed by atoms with Crippen LogP contribution in [0.15, 0.2) is 65.6 Å². The van der Waals surface area contributed by atoms with Crippen LogP contribution >= 0.6 is 0 Å². The van der Waals surface area contributed by atoms with E-state index in [0.29, 0.717) is 28.1 Å². The Kier molecular flexibility index (Phi) is 6.34. The number of aromatic nitrogens is 3. The van der Waals surface area contributed by atoms with E-state index in [1.165, 1.54) is 16.3 Å². The van der Waals surface area contributed by atoms with Crippen molar-refractivity contribution in [1.82, 2.24) is 19.4 Å². The van der Waals surface area contributed by atoms with Gasteiger partial charge in [-0.1, -0.05) is 18.2 Å². The molecule has 1 aliphatic rings. The molecule has 1 fully saturated rings. The zero-order chi connectivity index (χ0) is 25.2. The van der Waals surface area contributed by atoms with Crippen LogP contribution in [-0.4, -0.2) is 57.6 Å². The summed E-state index contributed by atoms with van der Waals surface area (Å²) in [5.41, 5.74) is 3.20. The van der Waals surface area contributed by atoms with E-state index in [9.17, 15) is 14.9 Å². The number of nitrogens with zero attached hydrogens (tertiary/aromatic N) is 6. The number of fused-ring (bicyclic) bond motifs is 1. The number of pyridine rings is 1. The molecule has 184 valence electrons. The van der Waals surface area contributed by atoms with Gasteiger partial charge >= 0.3 is 0 Å². The van der Waals surface area contributed by atoms with Gasteiger partial charge in [0.15, 0.2) is 0 Å². The molecule has 1 N–H and O–H groups in total. The number of aryl methyl sites for hydroxylation is 1. The third kappa shape index (κ3) is 4.76. The van der Waals surface area contributed by atoms with Gasteiger partial charge in [0.2, 0.25) is 5.95 Å². The maximum Gasteiger partial charge on any atom is 0.272 e. The minimum absolute atomic E-state index is 0.00547. The van der Waals surface area contributed by atoms with Crippen LogP contribution in [0.3, 0.4) is 0 Å². The summed E-state index contributed by atoms with van der Waals surface area (Å²) >= 11 is 0. The lowest BCUT2D eigenvalue weighted by atomic mass is 10.0. The Bertz CT molecular complexity index is 1480. The molecule has 4 aromatic rings.